The molecule has 1 aliphatic heterocycles. The molecule has 0 radical (unpaired) electrons. The number of hydrogen-bond donors (Lipinski definition) is 1. The molecule has 0 saturated carbocycles. The molecular weight excluding hydrogens is 328 g/mol. The Bertz CT molecular complexity index is 865. The highest BCUT2D eigenvalue weighted by Gasteiger charge is 2.20. The third-order valence-corrected chi connectivity index (χ3v) is 5.85. The number of hydrogen-bond acceptors (Lipinski definition) is 5. The standard InChI is InChI=1S/C20H24N4S/c1-15-6-7-16(18(21)14-15)8-9-23-10-12-24(13-11-23)20-17-4-2-3-5-19(17)25-22-20/h2-7,14H,8-13,21H2,1H3. The van der Waals surface area contributed by atoms with Gasteiger partial charge in [-0.3, -0.25) is 4.90 Å². The van der Waals surface area contributed by atoms with Gasteiger partial charge >= 0.3 is 0 Å². The third-order valence-electron chi connectivity index (χ3n) is 5.03. The van der Waals surface area contributed by atoms with Crippen molar-refractivity contribution < 1.29 is 0 Å². The lowest BCUT2D eigenvalue weighted by molar-refractivity contribution is 0.261. The Morgan fingerprint density at radius 1 is 1.08 bits per heavy atom. The van der Waals surface area contributed by atoms with Crippen LogP contribution >= 0.6 is 11.5 Å². The number of aromatic nitrogens is 1. The molecular formula is C20H24N4S. The number of aryl methyl sites for hydroxylation is 1. The molecule has 1 aromatic heterocycles. The van der Waals surface area contributed by atoms with Crippen LogP contribution < -0.4 is 10.6 Å². The largest absolute Gasteiger partial charge is 0.398 e. The summed E-state index contributed by atoms with van der Waals surface area (Å²) < 4.78 is 5.96. The molecule has 2 N–H and O–H groups in total. The second-order valence-electron chi connectivity index (χ2n) is 6.78. The van der Waals surface area contributed by atoms with Crippen molar-refractivity contribution in [2.75, 3.05) is 43.4 Å². The molecule has 2 heterocycles. The summed E-state index contributed by atoms with van der Waals surface area (Å²) in [6.45, 7) is 7.39. The summed E-state index contributed by atoms with van der Waals surface area (Å²) in [7, 11) is 0. The van der Waals surface area contributed by atoms with Crippen LogP contribution in [0.4, 0.5) is 11.5 Å². The van der Waals surface area contributed by atoms with Crippen molar-refractivity contribution in [1.29, 1.82) is 0 Å². The van der Waals surface area contributed by atoms with Gasteiger partial charge in [0.2, 0.25) is 0 Å². The van der Waals surface area contributed by atoms with Gasteiger partial charge in [-0.1, -0.05) is 24.3 Å². The normalized spacial score (nSPS) is 15.8. The first-order valence-corrected chi connectivity index (χ1v) is 9.65. The van der Waals surface area contributed by atoms with E-state index < -0.39 is 0 Å². The highest BCUT2D eigenvalue weighted by Crippen LogP contribution is 2.29. The molecule has 1 saturated heterocycles. The first-order chi connectivity index (χ1) is 12.2. The molecule has 0 bridgehead atoms. The van der Waals surface area contributed by atoms with Gasteiger partial charge in [-0.25, -0.2) is 0 Å². The Labute approximate surface area is 153 Å². The molecule has 3 aromatic rings. The molecule has 5 heteroatoms. The molecule has 4 nitrogen and oxygen atoms in total. The van der Waals surface area contributed by atoms with Crippen LogP contribution in [0.1, 0.15) is 11.1 Å². The van der Waals surface area contributed by atoms with Crippen LogP contribution in [-0.2, 0) is 6.42 Å². The van der Waals surface area contributed by atoms with E-state index in [2.05, 4.69) is 63.6 Å². The molecule has 1 fully saturated rings. The van der Waals surface area contributed by atoms with E-state index in [1.54, 1.807) is 11.5 Å². The van der Waals surface area contributed by atoms with Crippen LogP contribution in [0.2, 0.25) is 0 Å². The van der Waals surface area contributed by atoms with Crippen LogP contribution in [0.25, 0.3) is 10.1 Å². The fourth-order valence-electron chi connectivity index (χ4n) is 3.50. The maximum absolute atomic E-state index is 6.14. The van der Waals surface area contributed by atoms with Crippen molar-refractivity contribution in [3.05, 3.63) is 53.6 Å². The summed E-state index contributed by atoms with van der Waals surface area (Å²) in [6.07, 6.45) is 1.02. The highest BCUT2D eigenvalue weighted by atomic mass is 32.1. The fraction of sp³-hybridized carbons (Fsp3) is 0.350. The van der Waals surface area contributed by atoms with Crippen LogP contribution in [0, 0.1) is 6.92 Å². The van der Waals surface area contributed by atoms with Crippen molar-refractivity contribution in [1.82, 2.24) is 9.27 Å². The molecule has 0 unspecified atom stereocenters. The lowest BCUT2D eigenvalue weighted by Gasteiger charge is -2.35. The van der Waals surface area contributed by atoms with E-state index in [-0.39, 0.29) is 0 Å². The Morgan fingerprint density at radius 3 is 2.68 bits per heavy atom. The predicted molar refractivity (Wildman–Crippen MR) is 108 cm³/mol. The van der Waals surface area contributed by atoms with Gasteiger partial charge in [-0.2, -0.15) is 4.37 Å². The minimum absolute atomic E-state index is 0.924. The lowest BCUT2D eigenvalue weighted by atomic mass is 10.1. The number of nitrogens with two attached hydrogens (primary N) is 1. The van der Waals surface area contributed by atoms with Crippen molar-refractivity contribution >= 4 is 33.1 Å². The third kappa shape index (κ3) is 3.48. The van der Waals surface area contributed by atoms with Crippen molar-refractivity contribution in [3.63, 3.8) is 0 Å². The molecule has 0 aliphatic carbocycles. The molecule has 0 amide bonds. The van der Waals surface area contributed by atoms with Crippen LogP contribution in [0.3, 0.4) is 0 Å². The summed E-state index contributed by atoms with van der Waals surface area (Å²) >= 11 is 1.60. The second kappa shape index (κ2) is 7.02. The zero-order chi connectivity index (χ0) is 17.2. The SMILES string of the molecule is Cc1ccc(CCN2CCN(c3nsc4ccccc34)CC2)c(N)c1. The van der Waals surface area contributed by atoms with Gasteiger partial charge in [0.05, 0.1) is 4.70 Å². The number of benzene rings is 2. The lowest BCUT2D eigenvalue weighted by Crippen LogP contribution is -2.47. The van der Waals surface area contributed by atoms with E-state index in [4.69, 9.17) is 5.73 Å². The minimum atomic E-state index is 0.924. The number of rotatable bonds is 4. The molecule has 1 aliphatic rings. The molecule has 4 rings (SSSR count). The Kier molecular flexibility index (Phi) is 4.59. The molecule has 0 spiro atoms. The van der Waals surface area contributed by atoms with E-state index in [1.807, 2.05) is 0 Å². The van der Waals surface area contributed by atoms with Gasteiger partial charge in [0.1, 0.15) is 5.82 Å². The second-order valence-corrected chi connectivity index (χ2v) is 7.59. The summed E-state index contributed by atoms with van der Waals surface area (Å²) in [5.41, 5.74) is 9.56. The quantitative estimate of drug-likeness (QED) is 0.730. The van der Waals surface area contributed by atoms with Crippen LogP contribution in [0.5, 0.6) is 0 Å². The number of nitrogens with zero attached hydrogens (tertiary/aromatic N) is 3. The fourth-order valence-corrected chi connectivity index (χ4v) is 4.30. The van der Waals surface area contributed by atoms with Gasteiger partial charge in [-0.05, 0) is 54.2 Å². The van der Waals surface area contributed by atoms with E-state index in [0.29, 0.717) is 0 Å². The smallest absolute Gasteiger partial charge is 0.150 e. The maximum atomic E-state index is 6.14. The van der Waals surface area contributed by atoms with E-state index >= 15 is 0 Å². The molecule has 2 aromatic carbocycles. The van der Waals surface area contributed by atoms with Gasteiger partial charge in [0.15, 0.2) is 0 Å². The highest BCUT2D eigenvalue weighted by molar-refractivity contribution is 7.13. The Morgan fingerprint density at radius 2 is 1.88 bits per heavy atom. The monoisotopic (exact) mass is 352 g/mol. The molecule has 25 heavy (non-hydrogen) atoms. The minimum Gasteiger partial charge on any atom is -0.398 e. The Hall–Kier alpha value is -2.11. The summed E-state index contributed by atoms with van der Waals surface area (Å²) in [5.74, 6) is 1.16. The Balaban J connectivity index is 1.35. The maximum Gasteiger partial charge on any atom is 0.150 e. The topological polar surface area (TPSA) is 45.4 Å². The predicted octanol–water partition coefficient (Wildman–Crippen LogP) is 3.55. The van der Waals surface area contributed by atoms with E-state index in [1.165, 1.54) is 21.2 Å². The average Bonchev–Trinajstić information content (AvgIpc) is 3.06. The zero-order valence-corrected chi connectivity index (χ0v) is 15.4. The van der Waals surface area contributed by atoms with Gasteiger partial charge in [0.25, 0.3) is 0 Å². The van der Waals surface area contributed by atoms with Crippen molar-refractivity contribution in [2.45, 2.75) is 13.3 Å². The summed E-state index contributed by atoms with van der Waals surface area (Å²) in [5, 5.41) is 1.29. The zero-order valence-electron chi connectivity index (χ0n) is 14.6. The van der Waals surface area contributed by atoms with E-state index in [9.17, 15) is 0 Å². The van der Waals surface area contributed by atoms with Gasteiger partial charge < -0.3 is 10.6 Å². The summed E-state index contributed by atoms with van der Waals surface area (Å²) in [6, 6.07) is 14.9. The van der Waals surface area contributed by atoms with Gasteiger partial charge in [-0.15, -0.1) is 0 Å². The number of nitrogen functional groups attached to an aromatic ring is 1. The van der Waals surface area contributed by atoms with Crippen LogP contribution in [-0.4, -0.2) is 42.0 Å². The molecule has 0 atom stereocenters. The number of piperazine rings is 1. The van der Waals surface area contributed by atoms with E-state index in [0.717, 1.165) is 50.6 Å². The van der Waals surface area contributed by atoms with Crippen molar-refractivity contribution in [3.8, 4) is 0 Å². The number of fused-ring (bicyclic) bond motifs is 1. The first kappa shape index (κ1) is 16.4. The summed E-state index contributed by atoms with van der Waals surface area (Å²) in [4.78, 5) is 4.96. The molecule has 130 valence electrons. The van der Waals surface area contributed by atoms with Crippen LogP contribution in [0.15, 0.2) is 42.5 Å². The first-order valence-electron chi connectivity index (χ1n) is 8.87. The number of anilines is 2. The van der Waals surface area contributed by atoms with Gasteiger partial charge in [0, 0.05) is 43.8 Å². The van der Waals surface area contributed by atoms with Crippen molar-refractivity contribution in [2.24, 2.45) is 0 Å². The average molecular weight is 353 g/mol.